The quantitative estimate of drug-likeness (QED) is 0.174. The van der Waals surface area contributed by atoms with Crippen molar-refractivity contribution in [3.05, 3.63) is 57.5 Å². The van der Waals surface area contributed by atoms with Crippen LogP contribution in [0.25, 0.3) is 32.9 Å². The number of piperidine rings is 1. The SMILES string of the molecule is CSc1nc2c(F)c(-c3cccc(Cl)c3Cl)c(CCC#N)cc2c2c1cc([C@H]1C[C@H]3C[C@H]3N1C(=O)C1(C)CC1)n2[C@H]1[C@@H]2C[C@H]1N(C(=O)OC(C)(C)C)C2. The summed E-state index contributed by atoms with van der Waals surface area (Å²) in [5, 5.41) is 12.4. The number of halogens is 3. The molecule has 6 fully saturated rings. The predicted molar refractivity (Wildman–Crippen MR) is 206 cm³/mol. The van der Waals surface area contributed by atoms with Crippen LogP contribution in [0.1, 0.15) is 89.6 Å². The number of fused-ring (bicyclic) bond motifs is 5. The zero-order chi connectivity index (χ0) is 37.3. The first-order valence-electron chi connectivity index (χ1n) is 18.6. The van der Waals surface area contributed by atoms with Gasteiger partial charge in [-0.1, -0.05) is 42.3 Å². The van der Waals surface area contributed by atoms with Crippen LogP contribution < -0.4 is 0 Å². The third-order valence-electron chi connectivity index (χ3n) is 12.4. The van der Waals surface area contributed by atoms with Crippen LogP contribution in [0.3, 0.4) is 0 Å². The van der Waals surface area contributed by atoms with E-state index in [1.807, 2.05) is 38.0 Å². The monoisotopic (exact) mass is 773 g/mol. The summed E-state index contributed by atoms with van der Waals surface area (Å²) in [5.74, 6) is 0.344. The number of nitriles is 1. The molecule has 2 aromatic carbocycles. The van der Waals surface area contributed by atoms with E-state index in [2.05, 4.69) is 28.5 Å². The molecule has 276 valence electrons. The number of carbonyl (C=O) groups is 2. The first-order chi connectivity index (χ1) is 25.2. The van der Waals surface area contributed by atoms with Gasteiger partial charge in [-0.3, -0.25) is 4.79 Å². The van der Waals surface area contributed by atoms with Gasteiger partial charge in [-0.2, -0.15) is 5.26 Å². The maximum atomic E-state index is 17.4. The van der Waals surface area contributed by atoms with Crippen LogP contribution in [0.15, 0.2) is 35.4 Å². The number of ether oxygens (including phenoxy) is 1. The smallest absolute Gasteiger partial charge is 0.410 e. The number of likely N-dealkylation sites (tertiary alicyclic amines) is 1. The lowest BCUT2D eigenvalue weighted by atomic mass is 9.79. The van der Waals surface area contributed by atoms with Crippen molar-refractivity contribution in [2.75, 3.05) is 12.8 Å². The summed E-state index contributed by atoms with van der Waals surface area (Å²) in [5.41, 5.74) is 2.53. The number of thioether (sulfide) groups is 1. The Balaban J connectivity index is 1.30. The number of hydrogen-bond acceptors (Lipinski definition) is 6. The zero-order valence-electron chi connectivity index (χ0n) is 30.5. The Morgan fingerprint density at radius 2 is 1.87 bits per heavy atom. The molecule has 3 saturated heterocycles. The van der Waals surface area contributed by atoms with Gasteiger partial charge in [0.1, 0.15) is 16.1 Å². The first-order valence-corrected chi connectivity index (χ1v) is 20.6. The van der Waals surface area contributed by atoms with E-state index in [1.165, 1.54) is 11.8 Å². The van der Waals surface area contributed by atoms with Crippen molar-refractivity contribution in [1.82, 2.24) is 19.4 Å². The van der Waals surface area contributed by atoms with E-state index >= 15 is 4.39 Å². The van der Waals surface area contributed by atoms with E-state index in [-0.39, 0.29) is 64.5 Å². The van der Waals surface area contributed by atoms with Crippen LogP contribution >= 0.6 is 35.0 Å². The molecule has 53 heavy (non-hydrogen) atoms. The molecule has 0 spiro atoms. The van der Waals surface area contributed by atoms with Crippen molar-refractivity contribution >= 4 is 68.8 Å². The molecule has 10 rings (SSSR count). The minimum absolute atomic E-state index is 0.0895. The van der Waals surface area contributed by atoms with Crippen LogP contribution in [-0.4, -0.2) is 61.8 Å². The first kappa shape index (κ1) is 35.2. The summed E-state index contributed by atoms with van der Waals surface area (Å²) in [6.07, 6.45) is 6.67. The molecule has 3 aliphatic carbocycles. The lowest BCUT2D eigenvalue weighted by Gasteiger charge is -2.41. The molecule has 3 aliphatic heterocycles. The zero-order valence-corrected chi connectivity index (χ0v) is 32.8. The third kappa shape index (κ3) is 5.46. The standard InChI is InChI=1S/C41H42Cl2FN5O3S/c1-40(2,3)52-39(51)47-19-22-17-30(47)35(22)49-29(28-16-21-15-27(21)48(28)38(50)41(4)11-12-41)18-25-36(49)24-14-20(8-7-13-45)31(23-9-6-10-26(42)32(23)43)33(44)34(24)46-37(25)53-5/h6,9-10,14,18,21-22,27-28,30,35H,7-8,11-12,15-17,19H2,1-5H3/t21-,22-,27-,28-,30-,35+/m1/s1. The largest absolute Gasteiger partial charge is 0.444 e. The van der Waals surface area contributed by atoms with E-state index < -0.39 is 11.4 Å². The lowest BCUT2D eigenvalue weighted by molar-refractivity contribution is -0.138. The highest BCUT2D eigenvalue weighted by atomic mass is 35.5. The average Bonchev–Trinajstić information content (AvgIpc) is 3.78. The minimum Gasteiger partial charge on any atom is -0.444 e. The van der Waals surface area contributed by atoms with Gasteiger partial charge in [0.15, 0.2) is 5.82 Å². The molecule has 2 amide bonds. The van der Waals surface area contributed by atoms with Crippen molar-refractivity contribution in [3.63, 3.8) is 0 Å². The summed E-state index contributed by atoms with van der Waals surface area (Å²) in [4.78, 5) is 36.9. The predicted octanol–water partition coefficient (Wildman–Crippen LogP) is 10.1. The number of hydrogen-bond donors (Lipinski definition) is 0. The van der Waals surface area contributed by atoms with Gasteiger partial charge in [-0.05, 0) is 95.2 Å². The van der Waals surface area contributed by atoms with Crippen molar-refractivity contribution in [1.29, 1.82) is 5.26 Å². The van der Waals surface area contributed by atoms with Crippen LogP contribution in [-0.2, 0) is 16.0 Å². The number of aryl methyl sites for hydroxylation is 1. The Bertz CT molecular complexity index is 2290. The number of carbonyl (C=O) groups excluding carboxylic acids is 2. The average molecular weight is 775 g/mol. The number of amides is 2. The van der Waals surface area contributed by atoms with Crippen molar-refractivity contribution < 1.29 is 18.7 Å². The molecule has 0 unspecified atom stereocenters. The summed E-state index contributed by atoms with van der Waals surface area (Å²) in [6.45, 7) is 8.29. The van der Waals surface area contributed by atoms with E-state index in [0.717, 1.165) is 48.7 Å². The van der Waals surface area contributed by atoms with Gasteiger partial charge < -0.3 is 19.1 Å². The number of benzene rings is 2. The fourth-order valence-electron chi connectivity index (χ4n) is 9.46. The molecule has 5 heterocycles. The Morgan fingerprint density at radius 3 is 2.57 bits per heavy atom. The fourth-order valence-corrected chi connectivity index (χ4v) is 10.4. The molecule has 0 radical (unpaired) electrons. The van der Waals surface area contributed by atoms with Gasteiger partial charge in [0.2, 0.25) is 5.91 Å². The van der Waals surface area contributed by atoms with E-state index in [4.69, 9.17) is 32.9 Å². The van der Waals surface area contributed by atoms with Gasteiger partial charge in [0.25, 0.3) is 0 Å². The van der Waals surface area contributed by atoms with Crippen molar-refractivity contribution in [3.8, 4) is 17.2 Å². The molecule has 2 aromatic heterocycles. The maximum Gasteiger partial charge on any atom is 0.410 e. The highest BCUT2D eigenvalue weighted by Crippen LogP contribution is 2.60. The fraction of sp³-hybridized carbons (Fsp3) is 0.512. The highest BCUT2D eigenvalue weighted by Gasteiger charge is 2.61. The Morgan fingerprint density at radius 1 is 1.11 bits per heavy atom. The van der Waals surface area contributed by atoms with Gasteiger partial charge in [0.05, 0.1) is 39.8 Å². The minimum atomic E-state index is -0.633. The second-order valence-corrected chi connectivity index (χ2v) is 18.6. The van der Waals surface area contributed by atoms with E-state index in [9.17, 15) is 14.9 Å². The molecule has 0 N–H and O–H groups in total. The van der Waals surface area contributed by atoms with Crippen molar-refractivity contribution in [2.45, 2.75) is 107 Å². The van der Waals surface area contributed by atoms with E-state index in [0.29, 0.717) is 51.0 Å². The van der Waals surface area contributed by atoms with Gasteiger partial charge in [-0.15, -0.1) is 11.8 Å². The molecule has 3 saturated carbocycles. The summed E-state index contributed by atoms with van der Waals surface area (Å²) < 4.78 is 25.6. The van der Waals surface area contributed by atoms with Crippen LogP contribution in [0.2, 0.25) is 10.0 Å². The molecular weight excluding hydrogens is 732 g/mol. The second-order valence-electron chi connectivity index (χ2n) is 17.0. The maximum absolute atomic E-state index is 17.4. The molecule has 6 atom stereocenters. The Labute approximate surface area is 322 Å². The van der Waals surface area contributed by atoms with Crippen molar-refractivity contribution in [2.24, 2.45) is 17.3 Å². The number of aromatic nitrogens is 2. The number of pyridine rings is 1. The van der Waals surface area contributed by atoms with Gasteiger partial charge >= 0.3 is 6.09 Å². The lowest BCUT2D eigenvalue weighted by Crippen LogP contribution is -2.45. The summed E-state index contributed by atoms with van der Waals surface area (Å²) in [6, 6.07) is 11.5. The summed E-state index contributed by atoms with van der Waals surface area (Å²) in [7, 11) is 0. The highest BCUT2D eigenvalue weighted by molar-refractivity contribution is 7.98. The van der Waals surface area contributed by atoms with Gasteiger partial charge in [-0.25, -0.2) is 14.2 Å². The summed E-state index contributed by atoms with van der Waals surface area (Å²) >= 11 is 14.6. The van der Waals surface area contributed by atoms with Crippen LogP contribution in [0.4, 0.5) is 9.18 Å². The Hall–Kier alpha value is -3.52. The van der Waals surface area contributed by atoms with E-state index in [1.54, 1.807) is 18.2 Å². The molecule has 6 aliphatic rings. The second kappa shape index (κ2) is 12.2. The van der Waals surface area contributed by atoms with Gasteiger partial charge in [0, 0.05) is 57.9 Å². The molecule has 8 nitrogen and oxygen atoms in total. The molecule has 4 aromatic rings. The molecular formula is C41H42Cl2FN5O3S. The van der Waals surface area contributed by atoms with Crippen LogP contribution in [0, 0.1) is 34.4 Å². The Kier molecular flexibility index (Phi) is 8.13. The number of rotatable bonds is 7. The third-order valence-corrected chi connectivity index (χ3v) is 13.9. The topological polar surface area (TPSA) is 91.5 Å². The van der Waals surface area contributed by atoms with Crippen LogP contribution in [0.5, 0.6) is 0 Å². The molecule has 12 heteroatoms. The number of nitrogens with zero attached hydrogens (tertiary/aromatic N) is 5. The normalized spacial score (nSPS) is 26.5. The molecule has 2 bridgehead atoms.